The van der Waals surface area contributed by atoms with Crippen LogP contribution in [0.2, 0.25) is 0 Å². The summed E-state index contributed by atoms with van der Waals surface area (Å²) in [6.07, 6.45) is 3.57. The highest BCUT2D eigenvalue weighted by Crippen LogP contribution is 2.24. The highest BCUT2D eigenvalue weighted by molar-refractivity contribution is 6.05. The van der Waals surface area contributed by atoms with Crippen LogP contribution < -0.4 is 14.8 Å². The molecule has 2 aromatic rings. The van der Waals surface area contributed by atoms with Crippen molar-refractivity contribution >= 4 is 11.6 Å². The molecule has 1 aliphatic rings. The van der Waals surface area contributed by atoms with Crippen LogP contribution in [0.1, 0.15) is 23.2 Å². The van der Waals surface area contributed by atoms with Crippen molar-refractivity contribution in [3.05, 3.63) is 48.2 Å². The Morgan fingerprint density at radius 2 is 2.08 bits per heavy atom. The maximum absolute atomic E-state index is 12.5. The number of benzene rings is 1. The number of rotatable bonds is 6. The van der Waals surface area contributed by atoms with Crippen molar-refractivity contribution in [3.8, 4) is 11.6 Å². The van der Waals surface area contributed by atoms with E-state index in [-0.39, 0.29) is 5.91 Å². The smallest absolute Gasteiger partial charge is 0.256 e. The zero-order valence-electron chi connectivity index (χ0n) is 14.2. The number of nitrogens with one attached hydrogen (secondary N) is 1. The van der Waals surface area contributed by atoms with E-state index >= 15 is 0 Å². The summed E-state index contributed by atoms with van der Waals surface area (Å²) in [5, 5.41) is 2.85. The summed E-state index contributed by atoms with van der Waals surface area (Å²) in [5.41, 5.74) is 1.11. The van der Waals surface area contributed by atoms with Crippen LogP contribution in [0.5, 0.6) is 11.6 Å². The van der Waals surface area contributed by atoms with E-state index < -0.39 is 0 Å². The van der Waals surface area contributed by atoms with Gasteiger partial charge in [0.25, 0.3) is 5.91 Å². The first-order valence-corrected chi connectivity index (χ1v) is 8.37. The molecule has 0 bridgehead atoms. The van der Waals surface area contributed by atoms with Crippen LogP contribution in [0.25, 0.3) is 0 Å². The van der Waals surface area contributed by atoms with Crippen LogP contribution in [0.3, 0.4) is 0 Å². The van der Waals surface area contributed by atoms with Gasteiger partial charge in [0.15, 0.2) is 0 Å². The van der Waals surface area contributed by atoms with Crippen molar-refractivity contribution in [1.29, 1.82) is 0 Å². The van der Waals surface area contributed by atoms with Crippen LogP contribution in [-0.4, -0.2) is 37.8 Å². The number of methoxy groups -OCH3 is 1. The molecule has 0 saturated carbocycles. The van der Waals surface area contributed by atoms with Crippen molar-refractivity contribution in [3.63, 3.8) is 0 Å². The SMILES string of the molecule is COc1ccccc1NC(=O)c1ccnc(OCC2CCOCC2)c1. The molecular formula is C19H22N2O4. The molecule has 1 fully saturated rings. The Hall–Kier alpha value is -2.60. The molecule has 1 aliphatic heterocycles. The van der Waals surface area contributed by atoms with Gasteiger partial charge in [-0.2, -0.15) is 0 Å². The highest BCUT2D eigenvalue weighted by Gasteiger charge is 2.15. The summed E-state index contributed by atoms with van der Waals surface area (Å²) in [7, 11) is 1.57. The van der Waals surface area contributed by atoms with Crippen molar-refractivity contribution in [1.82, 2.24) is 4.98 Å². The molecule has 25 heavy (non-hydrogen) atoms. The molecule has 0 radical (unpaired) electrons. The number of ether oxygens (including phenoxy) is 3. The lowest BCUT2D eigenvalue weighted by molar-refractivity contribution is 0.0490. The van der Waals surface area contributed by atoms with Gasteiger partial charge in [-0.1, -0.05) is 12.1 Å². The number of carbonyl (C=O) groups is 1. The molecule has 132 valence electrons. The highest BCUT2D eigenvalue weighted by atomic mass is 16.5. The third-order valence-electron chi connectivity index (χ3n) is 4.16. The predicted octanol–water partition coefficient (Wildman–Crippen LogP) is 3.15. The van der Waals surface area contributed by atoms with E-state index in [1.165, 1.54) is 0 Å². The zero-order valence-corrected chi connectivity index (χ0v) is 14.2. The minimum atomic E-state index is -0.234. The maximum atomic E-state index is 12.5. The lowest BCUT2D eigenvalue weighted by Gasteiger charge is -2.21. The molecule has 1 aromatic heterocycles. The Kier molecular flexibility index (Phi) is 5.85. The molecule has 3 rings (SSSR count). The van der Waals surface area contributed by atoms with Crippen molar-refractivity contribution in [2.75, 3.05) is 32.2 Å². The Morgan fingerprint density at radius 1 is 1.28 bits per heavy atom. The number of hydrogen-bond acceptors (Lipinski definition) is 5. The molecular weight excluding hydrogens is 320 g/mol. The fourth-order valence-electron chi connectivity index (χ4n) is 2.69. The van der Waals surface area contributed by atoms with Crippen LogP contribution >= 0.6 is 0 Å². The van der Waals surface area contributed by atoms with Gasteiger partial charge in [0.2, 0.25) is 5.88 Å². The Morgan fingerprint density at radius 3 is 2.88 bits per heavy atom. The molecule has 6 heteroatoms. The molecule has 2 heterocycles. The first-order valence-electron chi connectivity index (χ1n) is 8.37. The number of amides is 1. The first-order chi connectivity index (χ1) is 12.3. The minimum absolute atomic E-state index is 0.234. The quantitative estimate of drug-likeness (QED) is 0.873. The monoisotopic (exact) mass is 342 g/mol. The van der Waals surface area contributed by atoms with Crippen molar-refractivity contribution < 1.29 is 19.0 Å². The molecule has 1 N–H and O–H groups in total. The zero-order chi connectivity index (χ0) is 17.5. The van der Waals surface area contributed by atoms with Crippen molar-refractivity contribution in [2.24, 2.45) is 5.92 Å². The topological polar surface area (TPSA) is 69.7 Å². The van der Waals surface area contributed by atoms with Crippen LogP contribution in [0, 0.1) is 5.92 Å². The second-order valence-electron chi connectivity index (χ2n) is 5.90. The van der Waals surface area contributed by atoms with E-state index in [0.29, 0.717) is 35.4 Å². The maximum Gasteiger partial charge on any atom is 0.256 e. The second-order valence-corrected chi connectivity index (χ2v) is 5.90. The molecule has 6 nitrogen and oxygen atoms in total. The number of para-hydroxylation sites is 2. The van der Waals surface area contributed by atoms with E-state index in [9.17, 15) is 4.79 Å². The standard InChI is InChI=1S/C19H22N2O4/c1-23-17-5-3-2-4-16(17)21-19(22)15-6-9-20-18(12-15)25-13-14-7-10-24-11-8-14/h2-6,9,12,14H,7-8,10-11,13H2,1H3,(H,21,22). The van der Waals surface area contributed by atoms with Gasteiger partial charge in [0.05, 0.1) is 19.4 Å². The first kappa shape index (κ1) is 17.2. The summed E-state index contributed by atoms with van der Waals surface area (Å²) >= 11 is 0. The largest absolute Gasteiger partial charge is 0.495 e. The van der Waals surface area contributed by atoms with E-state index in [1.807, 2.05) is 12.1 Å². The lowest BCUT2D eigenvalue weighted by atomic mass is 10.0. The average molecular weight is 342 g/mol. The predicted molar refractivity (Wildman–Crippen MR) is 94.2 cm³/mol. The van der Waals surface area contributed by atoms with E-state index in [4.69, 9.17) is 14.2 Å². The summed E-state index contributed by atoms with van der Waals surface area (Å²) < 4.78 is 16.4. The van der Waals surface area contributed by atoms with Crippen LogP contribution in [0.15, 0.2) is 42.6 Å². The van der Waals surface area contributed by atoms with E-state index in [1.54, 1.807) is 37.6 Å². The third kappa shape index (κ3) is 4.70. The fourth-order valence-corrected chi connectivity index (χ4v) is 2.69. The fraction of sp³-hybridized carbons (Fsp3) is 0.368. The summed E-state index contributed by atoms with van der Waals surface area (Å²) in [6.45, 7) is 2.15. The Balaban J connectivity index is 1.62. The Labute approximate surface area is 147 Å². The summed E-state index contributed by atoms with van der Waals surface area (Å²) in [5.74, 6) is 1.31. The van der Waals surface area contributed by atoms with E-state index in [2.05, 4.69) is 10.3 Å². The minimum Gasteiger partial charge on any atom is -0.495 e. The second kappa shape index (κ2) is 8.48. The number of aromatic nitrogens is 1. The van der Waals surface area contributed by atoms with E-state index in [0.717, 1.165) is 26.1 Å². The van der Waals surface area contributed by atoms with Gasteiger partial charge >= 0.3 is 0 Å². The average Bonchev–Trinajstić information content (AvgIpc) is 2.68. The van der Waals surface area contributed by atoms with Gasteiger partial charge in [0.1, 0.15) is 5.75 Å². The molecule has 1 saturated heterocycles. The number of carbonyl (C=O) groups excluding carboxylic acids is 1. The van der Waals surface area contributed by atoms with Gasteiger partial charge in [-0.3, -0.25) is 4.79 Å². The molecule has 0 atom stereocenters. The normalized spacial score (nSPS) is 14.8. The van der Waals surface area contributed by atoms with Gasteiger partial charge in [-0.25, -0.2) is 4.98 Å². The molecule has 0 unspecified atom stereocenters. The van der Waals surface area contributed by atoms with Gasteiger partial charge in [0, 0.05) is 31.0 Å². The number of hydrogen-bond donors (Lipinski definition) is 1. The summed E-state index contributed by atoms with van der Waals surface area (Å²) in [6, 6.07) is 10.6. The molecule has 1 amide bonds. The lowest BCUT2D eigenvalue weighted by Crippen LogP contribution is -2.21. The number of nitrogens with zero attached hydrogens (tertiary/aromatic N) is 1. The Bertz CT molecular complexity index is 714. The molecule has 0 aliphatic carbocycles. The van der Waals surface area contributed by atoms with Crippen molar-refractivity contribution in [2.45, 2.75) is 12.8 Å². The molecule has 1 aromatic carbocycles. The molecule has 0 spiro atoms. The van der Waals surface area contributed by atoms with Gasteiger partial charge in [-0.05, 0) is 37.0 Å². The number of pyridine rings is 1. The van der Waals surface area contributed by atoms with Gasteiger partial charge < -0.3 is 19.5 Å². The third-order valence-corrected chi connectivity index (χ3v) is 4.16. The van der Waals surface area contributed by atoms with Gasteiger partial charge in [-0.15, -0.1) is 0 Å². The van der Waals surface area contributed by atoms with Crippen LogP contribution in [0.4, 0.5) is 5.69 Å². The van der Waals surface area contributed by atoms with Crippen LogP contribution in [-0.2, 0) is 4.74 Å². The number of anilines is 1. The summed E-state index contributed by atoms with van der Waals surface area (Å²) in [4.78, 5) is 16.7.